The number of aromatic nitrogens is 1. The van der Waals surface area contributed by atoms with Crippen molar-refractivity contribution < 1.29 is 0 Å². The zero-order valence-electron chi connectivity index (χ0n) is 12.3. The lowest BCUT2D eigenvalue weighted by Crippen LogP contribution is -1.90. The van der Waals surface area contributed by atoms with Crippen molar-refractivity contribution in [2.24, 2.45) is 0 Å². The number of thiazole rings is 1. The van der Waals surface area contributed by atoms with Gasteiger partial charge in [0, 0.05) is 16.0 Å². The number of hydrogen-bond acceptors (Lipinski definition) is 6. The summed E-state index contributed by atoms with van der Waals surface area (Å²) in [6, 6.07) is 10.6. The van der Waals surface area contributed by atoms with Crippen molar-refractivity contribution in [2.45, 2.75) is 28.7 Å². The van der Waals surface area contributed by atoms with Crippen molar-refractivity contribution >= 4 is 51.5 Å². The number of nitrogens with zero attached hydrogens (tertiary/aromatic N) is 1. The summed E-state index contributed by atoms with van der Waals surface area (Å²) >= 11 is 6.92. The molecule has 0 fully saturated rings. The van der Waals surface area contributed by atoms with Crippen molar-refractivity contribution in [3.05, 3.63) is 57.9 Å². The van der Waals surface area contributed by atoms with Gasteiger partial charge in [0.15, 0.2) is 5.13 Å². The number of hydrogen-bond donors (Lipinski definition) is 1. The zero-order chi connectivity index (χ0) is 15.4. The molecular weight excluding hydrogens is 348 g/mol. The topological polar surface area (TPSA) is 24.9 Å². The lowest BCUT2D eigenvalue weighted by Gasteiger charge is -2.07. The van der Waals surface area contributed by atoms with Crippen LogP contribution in [0.15, 0.2) is 50.2 Å². The van der Waals surface area contributed by atoms with Gasteiger partial charge in [0.05, 0.1) is 9.90 Å². The van der Waals surface area contributed by atoms with Gasteiger partial charge < -0.3 is 4.72 Å². The summed E-state index contributed by atoms with van der Waals surface area (Å²) in [4.78, 5) is 5.90. The molecule has 1 N–H and O–H groups in total. The van der Waals surface area contributed by atoms with Crippen molar-refractivity contribution in [3.63, 3.8) is 0 Å². The first kappa shape index (κ1) is 15.9. The Morgan fingerprint density at radius 1 is 1.14 bits per heavy atom. The number of benzene rings is 1. The van der Waals surface area contributed by atoms with Gasteiger partial charge in [-0.25, -0.2) is 4.98 Å². The molecule has 0 atom stereocenters. The number of aryl methyl sites for hydroxylation is 1. The molecule has 1 aromatic carbocycles. The second-order valence-corrected chi connectivity index (χ2v) is 8.70. The monoisotopic (exact) mass is 364 g/mol. The summed E-state index contributed by atoms with van der Waals surface area (Å²) in [7, 11) is 0. The van der Waals surface area contributed by atoms with Crippen LogP contribution < -0.4 is 4.72 Å². The SMILES string of the molecule is Cc1cccc(SNc2nc(CSc3cccs3)cs2)c1C. The first-order valence-electron chi connectivity index (χ1n) is 6.82. The molecule has 2 aromatic heterocycles. The Bertz CT molecular complexity index is 734. The van der Waals surface area contributed by atoms with Crippen LogP contribution in [0, 0.1) is 13.8 Å². The molecule has 0 aliphatic rings. The van der Waals surface area contributed by atoms with Crippen LogP contribution in [-0.2, 0) is 5.75 Å². The second-order valence-electron chi connectivity index (χ2n) is 4.77. The van der Waals surface area contributed by atoms with E-state index in [1.807, 2.05) is 11.8 Å². The van der Waals surface area contributed by atoms with Crippen LogP contribution in [0.2, 0.25) is 0 Å². The molecule has 0 spiro atoms. The second kappa shape index (κ2) is 7.55. The molecule has 0 saturated heterocycles. The molecule has 3 aromatic rings. The fraction of sp³-hybridized carbons (Fsp3) is 0.188. The Morgan fingerprint density at radius 2 is 2.05 bits per heavy atom. The molecular formula is C16H16N2S4. The van der Waals surface area contributed by atoms with Gasteiger partial charge in [0.25, 0.3) is 0 Å². The average molecular weight is 365 g/mol. The molecule has 0 saturated carbocycles. The maximum Gasteiger partial charge on any atom is 0.193 e. The highest BCUT2D eigenvalue weighted by Crippen LogP contribution is 2.30. The Labute approximate surface area is 147 Å². The summed E-state index contributed by atoms with van der Waals surface area (Å²) in [5.74, 6) is 0.923. The number of nitrogens with one attached hydrogen (secondary N) is 1. The lowest BCUT2D eigenvalue weighted by molar-refractivity contribution is 1.22. The van der Waals surface area contributed by atoms with E-state index in [0.29, 0.717) is 0 Å². The number of rotatable bonds is 6. The third-order valence-corrected chi connectivity index (χ3v) is 7.27. The molecule has 6 heteroatoms. The van der Waals surface area contributed by atoms with E-state index in [4.69, 9.17) is 0 Å². The smallest absolute Gasteiger partial charge is 0.193 e. The van der Waals surface area contributed by atoms with Gasteiger partial charge in [-0.1, -0.05) is 18.2 Å². The third-order valence-electron chi connectivity index (χ3n) is 3.21. The van der Waals surface area contributed by atoms with Gasteiger partial charge in [0.2, 0.25) is 0 Å². The van der Waals surface area contributed by atoms with E-state index in [-0.39, 0.29) is 0 Å². The van der Waals surface area contributed by atoms with Crippen molar-refractivity contribution in [2.75, 3.05) is 4.72 Å². The standard InChI is InChI=1S/C16H16N2S4/c1-11-5-3-6-14(12(11)2)22-18-16-17-13(10-21-16)9-20-15-7-4-8-19-15/h3-8,10H,9H2,1-2H3,(H,17,18). The fourth-order valence-electron chi connectivity index (χ4n) is 1.84. The molecule has 3 rings (SSSR count). The first-order valence-corrected chi connectivity index (χ1v) is 10.4. The summed E-state index contributed by atoms with van der Waals surface area (Å²) in [6.07, 6.45) is 0. The highest BCUT2D eigenvalue weighted by molar-refractivity contribution is 8.01. The van der Waals surface area contributed by atoms with Crippen LogP contribution in [0.3, 0.4) is 0 Å². The van der Waals surface area contributed by atoms with Gasteiger partial charge >= 0.3 is 0 Å². The Kier molecular flexibility index (Phi) is 5.46. The largest absolute Gasteiger partial charge is 0.302 e. The summed E-state index contributed by atoms with van der Waals surface area (Å²) < 4.78 is 4.70. The van der Waals surface area contributed by atoms with Crippen LogP contribution >= 0.6 is 46.4 Å². The third kappa shape index (κ3) is 4.07. The van der Waals surface area contributed by atoms with E-state index >= 15 is 0 Å². The minimum atomic E-state index is 0.923. The van der Waals surface area contributed by atoms with Crippen LogP contribution in [0.5, 0.6) is 0 Å². The summed E-state index contributed by atoms with van der Waals surface area (Å²) in [5, 5.41) is 5.21. The number of thiophene rings is 1. The van der Waals surface area contributed by atoms with E-state index < -0.39 is 0 Å². The van der Waals surface area contributed by atoms with E-state index in [9.17, 15) is 0 Å². The average Bonchev–Trinajstić information content (AvgIpc) is 3.18. The predicted molar refractivity (Wildman–Crippen MR) is 101 cm³/mol. The molecule has 0 radical (unpaired) electrons. The number of thioether (sulfide) groups is 1. The molecule has 0 bridgehead atoms. The minimum Gasteiger partial charge on any atom is -0.302 e. The molecule has 22 heavy (non-hydrogen) atoms. The fourth-order valence-corrected chi connectivity index (χ4v) is 5.20. The zero-order valence-corrected chi connectivity index (χ0v) is 15.6. The Balaban J connectivity index is 1.56. The Hall–Kier alpha value is -0.950. The molecule has 0 amide bonds. The van der Waals surface area contributed by atoms with Gasteiger partial charge in [-0.2, -0.15) is 0 Å². The van der Waals surface area contributed by atoms with E-state index in [1.165, 1.54) is 20.2 Å². The molecule has 0 aliphatic heterocycles. The van der Waals surface area contributed by atoms with Crippen molar-refractivity contribution in [3.8, 4) is 0 Å². The predicted octanol–water partition coefficient (Wildman–Crippen LogP) is 6.23. The molecule has 0 aliphatic carbocycles. The minimum absolute atomic E-state index is 0.923. The van der Waals surface area contributed by atoms with Gasteiger partial charge in [-0.05, 0) is 54.4 Å². The van der Waals surface area contributed by atoms with Crippen LogP contribution in [-0.4, -0.2) is 4.98 Å². The molecule has 114 valence electrons. The van der Waals surface area contributed by atoms with Crippen LogP contribution in [0.25, 0.3) is 0 Å². The van der Waals surface area contributed by atoms with Gasteiger partial charge in [-0.3, -0.25) is 0 Å². The van der Waals surface area contributed by atoms with Gasteiger partial charge in [0.1, 0.15) is 0 Å². The summed E-state index contributed by atoms with van der Waals surface area (Å²) in [5.41, 5.74) is 3.77. The summed E-state index contributed by atoms with van der Waals surface area (Å²) in [6.45, 7) is 4.30. The van der Waals surface area contributed by atoms with E-state index in [1.54, 1.807) is 34.6 Å². The number of anilines is 1. The highest BCUT2D eigenvalue weighted by atomic mass is 32.2. The molecule has 2 nitrogen and oxygen atoms in total. The van der Waals surface area contributed by atoms with Crippen LogP contribution in [0.4, 0.5) is 5.13 Å². The van der Waals surface area contributed by atoms with Crippen molar-refractivity contribution in [1.82, 2.24) is 4.98 Å². The normalized spacial score (nSPS) is 10.8. The van der Waals surface area contributed by atoms with E-state index in [0.717, 1.165) is 16.6 Å². The molecule has 2 heterocycles. The van der Waals surface area contributed by atoms with E-state index in [2.05, 4.69) is 64.6 Å². The van der Waals surface area contributed by atoms with Crippen molar-refractivity contribution in [1.29, 1.82) is 0 Å². The van der Waals surface area contributed by atoms with Gasteiger partial charge in [-0.15, -0.1) is 34.4 Å². The Morgan fingerprint density at radius 3 is 2.86 bits per heavy atom. The first-order chi connectivity index (χ1) is 10.7. The highest BCUT2D eigenvalue weighted by Gasteiger charge is 2.06. The lowest BCUT2D eigenvalue weighted by atomic mass is 10.1. The quantitative estimate of drug-likeness (QED) is 0.414. The molecule has 0 unspecified atom stereocenters. The van der Waals surface area contributed by atoms with Crippen LogP contribution in [0.1, 0.15) is 16.8 Å². The maximum atomic E-state index is 4.65. The maximum absolute atomic E-state index is 4.65.